The minimum Gasteiger partial charge on any atom is -0.466 e. The lowest BCUT2D eigenvalue weighted by Gasteiger charge is -2.33. The van der Waals surface area contributed by atoms with Gasteiger partial charge in [0.2, 0.25) is 0 Å². The number of rotatable bonds is 5. The molecule has 0 spiro atoms. The Morgan fingerprint density at radius 2 is 2.12 bits per heavy atom. The van der Waals surface area contributed by atoms with Crippen LogP contribution in [-0.2, 0) is 9.59 Å². The highest BCUT2D eigenvalue weighted by atomic mass is 35.5. The topological polar surface area (TPSA) is 85.2 Å². The van der Waals surface area contributed by atoms with Crippen LogP contribution in [0.2, 0.25) is 5.02 Å². The molecule has 2 aromatic rings. The second-order valence-corrected chi connectivity index (χ2v) is 6.75. The van der Waals surface area contributed by atoms with Crippen LogP contribution in [-0.4, -0.2) is 27.2 Å². The quantitative estimate of drug-likeness (QED) is 0.780. The van der Waals surface area contributed by atoms with Crippen molar-refractivity contribution in [2.24, 2.45) is 0 Å². The summed E-state index contributed by atoms with van der Waals surface area (Å²) < 4.78 is 7.50. The molecule has 1 unspecified atom stereocenters. The van der Waals surface area contributed by atoms with E-state index in [4.69, 9.17) is 16.3 Å². The Labute approximate surface area is 156 Å². The first-order valence-corrected chi connectivity index (χ1v) is 8.91. The molecule has 138 valence electrons. The molecule has 0 saturated heterocycles. The summed E-state index contributed by atoms with van der Waals surface area (Å²) in [6.45, 7) is 5.55. The summed E-state index contributed by atoms with van der Waals surface area (Å²) in [4.78, 5) is 25.4. The van der Waals surface area contributed by atoms with Gasteiger partial charge in [-0.2, -0.15) is 5.10 Å². The van der Waals surface area contributed by atoms with E-state index < -0.39 is 17.4 Å². The number of carbonyl (C=O) groups excluding carboxylic acids is 2. The Morgan fingerprint density at radius 1 is 1.38 bits per heavy atom. The van der Waals surface area contributed by atoms with Crippen LogP contribution in [0.4, 0.5) is 11.5 Å². The van der Waals surface area contributed by atoms with Crippen LogP contribution in [0.3, 0.4) is 0 Å². The van der Waals surface area contributed by atoms with Crippen LogP contribution in [0, 0.1) is 0 Å². The van der Waals surface area contributed by atoms with E-state index in [-0.39, 0.29) is 6.04 Å². The Bertz CT molecular complexity index is 847. The van der Waals surface area contributed by atoms with Gasteiger partial charge in [-0.3, -0.25) is 9.59 Å². The lowest BCUT2D eigenvalue weighted by atomic mass is 10.0. The summed E-state index contributed by atoms with van der Waals surface area (Å²) in [6.07, 6.45) is 3.38. The second kappa shape index (κ2) is 6.99. The van der Waals surface area contributed by atoms with Crippen molar-refractivity contribution in [3.63, 3.8) is 0 Å². The average molecular weight is 377 g/mol. The number of fused-ring (bicyclic) bond motifs is 1. The Morgan fingerprint density at radius 3 is 2.81 bits per heavy atom. The molecule has 7 nitrogen and oxygen atoms in total. The number of halogens is 1. The van der Waals surface area contributed by atoms with Crippen LogP contribution in [0.15, 0.2) is 30.5 Å². The molecule has 1 aromatic carbocycles. The van der Waals surface area contributed by atoms with Crippen LogP contribution >= 0.6 is 11.6 Å². The summed E-state index contributed by atoms with van der Waals surface area (Å²) >= 11 is 5.93. The number of nitrogens with one attached hydrogen (secondary N) is 2. The van der Waals surface area contributed by atoms with E-state index in [0.717, 1.165) is 12.8 Å². The van der Waals surface area contributed by atoms with Crippen molar-refractivity contribution in [2.45, 2.75) is 45.3 Å². The van der Waals surface area contributed by atoms with Crippen molar-refractivity contribution in [3.8, 4) is 5.75 Å². The molecule has 1 atom stereocenters. The van der Waals surface area contributed by atoms with Crippen LogP contribution < -0.4 is 15.4 Å². The zero-order valence-corrected chi connectivity index (χ0v) is 15.6. The minimum absolute atomic E-state index is 0.164. The highest BCUT2D eigenvalue weighted by Gasteiger charge is 2.47. The fraction of sp³-hybridized carbons (Fsp3) is 0.389. The zero-order valence-electron chi connectivity index (χ0n) is 14.9. The van der Waals surface area contributed by atoms with Gasteiger partial charge in [-0.1, -0.05) is 25.4 Å². The first-order chi connectivity index (χ1) is 12.4. The second-order valence-electron chi connectivity index (χ2n) is 6.32. The summed E-state index contributed by atoms with van der Waals surface area (Å²) in [5.41, 5.74) is -1.26. The first-order valence-electron chi connectivity index (χ1n) is 8.54. The van der Waals surface area contributed by atoms with E-state index in [0.29, 0.717) is 22.3 Å². The molecule has 26 heavy (non-hydrogen) atoms. The van der Waals surface area contributed by atoms with E-state index in [2.05, 4.69) is 29.6 Å². The molecule has 0 radical (unpaired) electrons. The van der Waals surface area contributed by atoms with Crippen molar-refractivity contribution in [2.75, 3.05) is 10.6 Å². The SMILES string of the molecule is CCC(CC)n1nccc1NC(=O)C1(C)Oc2ccc(Cl)cc2NC1=O. The number of anilines is 2. The number of carbonyl (C=O) groups is 2. The predicted molar refractivity (Wildman–Crippen MR) is 99.6 cm³/mol. The number of nitrogens with zero attached hydrogens (tertiary/aromatic N) is 2. The molecule has 1 aliphatic heterocycles. The Hall–Kier alpha value is -2.54. The van der Waals surface area contributed by atoms with Gasteiger partial charge >= 0.3 is 0 Å². The van der Waals surface area contributed by atoms with E-state index >= 15 is 0 Å². The fourth-order valence-corrected chi connectivity index (χ4v) is 3.09. The fourth-order valence-electron chi connectivity index (χ4n) is 2.92. The summed E-state index contributed by atoms with van der Waals surface area (Å²) in [6, 6.07) is 6.70. The maximum atomic E-state index is 12.9. The van der Waals surface area contributed by atoms with E-state index in [1.165, 1.54) is 6.92 Å². The number of hydrogen-bond acceptors (Lipinski definition) is 4. The molecule has 0 saturated carbocycles. The van der Waals surface area contributed by atoms with E-state index in [1.807, 2.05) is 0 Å². The monoisotopic (exact) mass is 376 g/mol. The van der Waals surface area contributed by atoms with Crippen LogP contribution in [0.1, 0.15) is 39.7 Å². The Kier molecular flexibility index (Phi) is 4.91. The zero-order chi connectivity index (χ0) is 18.9. The van der Waals surface area contributed by atoms with Crippen molar-refractivity contribution in [3.05, 3.63) is 35.5 Å². The summed E-state index contributed by atoms with van der Waals surface area (Å²) in [5, 5.41) is 10.2. The standard InChI is InChI=1S/C18H21ClN4O3/c1-4-12(5-2)23-15(8-9-20-23)22-17(25)18(3)16(24)21-13-10-11(19)6-7-14(13)26-18/h6-10,12H,4-5H2,1-3H3,(H,21,24)(H,22,25). The smallest absolute Gasteiger partial charge is 0.279 e. The molecule has 2 heterocycles. The van der Waals surface area contributed by atoms with Gasteiger partial charge in [-0.05, 0) is 38.0 Å². The van der Waals surface area contributed by atoms with Crippen molar-refractivity contribution >= 4 is 34.9 Å². The van der Waals surface area contributed by atoms with Gasteiger partial charge in [0.15, 0.2) is 0 Å². The number of benzene rings is 1. The molecule has 2 N–H and O–H groups in total. The number of aromatic nitrogens is 2. The van der Waals surface area contributed by atoms with Crippen molar-refractivity contribution in [1.29, 1.82) is 0 Å². The van der Waals surface area contributed by atoms with Gasteiger partial charge in [-0.15, -0.1) is 0 Å². The largest absolute Gasteiger partial charge is 0.466 e. The molecule has 0 fully saturated rings. The normalized spacial score (nSPS) is 18.9. The van der Waals surface area contributed by atoms with E-state index in [1.54, 1.807) is 35.1 Å². The van der Waals surface area contributed by atoms with Gasteiger partial charge < -0.3 is 15.4 Å². The number of ether oxygens (including phenoxy) is 1. The van der Waals surface area contributed by atoms with Gasteiger partial charge in [0.05, 0.1) is 17.9 Å². The molecule has 0 bridgehead atoms. The third kappa shape index (κ3) is 3.14. The molecule has 1 aromatic heterocycles. The van der Waals surface area contributed by atoms with Gasteiger partial charge in [0, 0.05) is 11.1 Å². The minimum atomic E-state index is -1.70. The molecular formula is C18H21ClN4O3. The molecule has 3 rings (SSSR count). The Balaban J connectivity index is 1.85. The number of hydrogen-bond donors (Lipinski definition) is 2. The van der Waals surface area contributed by atoms with Crippen LogP contribution in [0.25, 0.3) is 0 Å². The predicted octanol–water partition coefficient (Wildman–Crippen LogP) is 3.63. The lowest BCUT2D eigenvalue weighted by Crippen LogP contribution is -2.56. The maximum absolute atomic E-state index is 12.9. The molecule has 1 aliphatic rings. The molecular weight excluding hydrogens is 356 g/mol. The number of amides is 2. The van der Waals surface area contributed by atoms with Gasteiger partial charge in [0.25, 0.3) is 17.4 Å². The molecule has 2 amide bonds. The van der Waals surface area contributed by atoms with Gasteiger partial charge in [0.1, 0.15) is 11.6 Å². The van der Waals surface area contributed by atoms with Gasteiger partial charge in [-0.25, -0.2) is 4.68 Å². The summed E-state index contributed by atoms with van der Waals surface area (Å²) in [7, 11) is 0. The molecule has 0 aliphatic carbocycles. The third-order valence-electron chi connectivity index (χ3n) is 4.57. The highest BCUT2D eigenvalue weighted by molar-refractivity contribution is 6.31. The van der Waals surface area contributed by atoms with Crippen molar-refractivity contribution in [1.82, 2.24) is 9.78 Å². The first kappa shape index (κ1) is 18.3. The van der Waals surface area contributed by atoms with Crippen LogP contribution in [0.5, 0.6) is 5.75 Å². The third-order valence-corrected chi connectivity index (χ3v) is 4.81. The van der Waals surface area contributed by atoms with Crippen molar-refractivity contribution < 1.29 is 14.3 Å². The van der Waals surface area contributed by atoms with E-state index in [9.17, 15) is 9.59 Å². The lowest BCUT2D eigenvalue weighted by molar-refractivity contribution is -0.143. The maximum Gasteiger partial charge on any atom is 0.279 e. The molecule has 8 heteroatoms. The average Bonchev–Trinajstić information content (AvgIpc) is 3.05. The highest BCUT2D eigenvalue weighted by Crippen LogP contribution is 2.36. The summed E-state index contributed by atoms with van der Waals surface area (Å²) in [5.74, 6) is -0.204.